The Morgan fingerprint density at radius 2 is 1.71 bits per heavy atom. The fourth-order valence-electron chi connectivity index (χ4n) is 3.66. The number of fused-ring (bicyclic) bond motifs is 1. The van der Waals surface area contributed by atoms with Crippen molar-refractivity contribution in [2.24, 2.45) is 0 Å². The Bertz CT molecular complexity index is 957. The van der Waals surface area contributed by atoms with E-state index in [1.807, 2.05) is 0 Å². The lowest BCUT2D eigenvalue weighted by atomic mass is 9.95. The van der Waals surface area contributed by atoms with Crippen LogP contribution < -0.4 is 9.47 Å². The summed E-state index contributed by atoms with van der Waals surface area (Å²) >= 11 is 0. The number of carbonyl (C=O) groups excluding carboxylic acids is 1. The van der Waals surface area contributed by atoms with Crippen LogP contribution in [-0.2, 0) is 4.74 Å². The monoisotopic (exact) mass is 434 g/mol. The lowest BCUT2D eigenvalue weighted by Gasteiger charge is -2.39. The molecule has 0 bridgehead atoms. The predicted molar refractivity (Wildman–Crippen MR) is 103 cm³/mol. The van der Waals surface area contributed by atoms with Gasteiger partial charge in [-0.3, -0.25) is 4.79 Å². The van der Waals surface area contributed by atoms with Crippen LogP contribution in [0.5, 0.6) is 23.0 Å². The summed E-state index contributed by atoms with van der Waals surface area (Å²) in [6, 6.07) is 8.64. The van der Waals surface area contributed by atoms with Gasteiger partial charge in [-0.05, 0) is 17.7 Å². The summed E-state index contributed by atoms with van der Waals surface area (Å²) in [5, 5.41) is 59.0. The average molecular weight is 434 g/mol. The maximum atomic E-state index is 12.6. The van der Waals surface area contributed by atoms with E-state index >= 15 is 0 Å². The molecule has 4 rings (SSSR count). The van der Waals surface area contributed by atoms with E-state index in [1.54, 1.807) is 12.1 Å². The molecule has 0 aromatic heterocycles. The molecule has 0 amide bonds. The quantitative estimate of drug-likeness (QED) is 0.385. The summed E-state index contributed by atoms with van der Waals surface area (Å²) in [6.07, 6.45) is -8.09. The average Bonchev–Trinajstić information content (AvgIpc) is 2.74. The highest BCUT2D eigenvalue weighted by molar-refractivity contribution is 6.02. The molecule has 2 aliphatic heterocycles. The fourth-order valence-corrected chi connectivity index (χ4v) is 3.66. The van der Waals surface area contributed by atoms with Gasteiger partial charge in [0.2, 0.25) is 6.29 Å². The minimum absolute atomic E-state index is 0.0156. The molecule has 10 nitrogen and oxygen atoms in total. The Morgan fingerprint density at radius 3 is 2.39 bits per heavy atom. The molecular formula is C21H22O10. The minimum Gasteiger partial charge on any atom is -0.508 e. The van der Waals surface area contributed by atoms with Gasteiger partial charge in [0, 0.05) is 12.1 Å². The van der Waals surface area contributed by atoms with Crippen molar-refractivity contribution in [3.8, 4) is 23.0 Å². The standard InChI is InChI=1S/C21H22O10/c22-8-16-18(26)19(27)20(28)21(31-16)29-11-5-12(24)17-13(25)7-14(30-15(17)6-11)9-1-3-10(23)4-2-9/h1-6,14,16,18-24,26-28H,7-8H2/t14-,16+,18-,19+,20+,21+/m0/s1. The first-order valence-corrected chi connectivity index (χ1v) is 9.61. The molecule has 2 heterocycles. The minimum atomic E-state index is -1.64. The molecule has 31 heavy (non-hydrogen) atoms. The highest BCUT2D eigenvalue weighted by Gasteiger charge is 2.45. The predicted octanol–water partition coefficient (Wildman–Crippen LogP) is -0.0170. The van der Waals surface area contributed by atoms with E-state index in [0.717, 1.165) is 6.07 Å². The molecule has 0 spiro atoms. The van der Waals surface area contributed by atoms with Crippen LogP contribution >= 0.6 is 0 Å². The zero-order chi connectivity index (χ0) is 22.3. The molecule has 10 heteroatoms. The molecule has 1 saturated heterocycles. The van der Waals surface area contributed by atoms with Gasteiger partial charge in [0.05, 0.1) is 13.0 Å². The number of ketones is 1. The molecule has 6 atom stereocenters. The van der Waals surface area contributed by atoms with Crippen LogP contribution in [0, 0.1) is 0 Å². The fraction of sp³-hybridized carbons (Fsp3) is 0.381. The van der Waals surface area contributed by atoms with Crippen molar-refractivity contribution in [1.29, 1.82) is 0 Å². The van der Waals surface area contributed by atoms with Crippen LogP contribution in [0.2, 0.25) is 0 Å². The van der Waals surface area contributed by atoms with Gasteiger partial charge < -0.3 is 44.8 Å². The number of Topliss-reactive ketones (excluding diaryl/α,β-unsaturated/α-hetero) is 1. The number of phenolic OH excluding ortho intramolecular Hbond substituents is 2. The first-order chi connectivity index (χ1) is 14.8. The number of rotatable bonds is 4. The lowest BCUT2D eigenvalue weighted by molar-refractivity contribution is -0.277. The number of carbonyl (C=O) groups is 1. The smallest absolute Gasteiger partial charge is 0.229 e. The SMILES string of the molecule is O=C1C[C@@H](c2ccc(O)cc2)Oc2cc(O[C@@H]3O[C@H](CO)[C@H](O)[C@@H](O)[C@H]3O)cc(O)c21. The normalized spacial score (nSPS) is 30.4. The summed E-state index contributed by atoms with van der Waals surface area (Å²) in [4.78, 5) is 12.6. The Labute approximate surface area is 176 Å². The highest BCUT2D eigenvalue weighted by Crippen LogP contribution is 2.42. The summed E-state index contributed by atoms with van der Waals surface area (Å²) in [5.41, 5.74) is 0.632. The molecule has 0 radical (unpaired) electrons. The van der Waals surface area contributed by atoms with Crippen molar-refractivity contribution >= 4 is 5.78 Å². The third kappa shape index (κ3) is 4.03. The molecule has 2 aromatic carbocycles. The van der Waals surface area contributed by atoms with Gasteiger partial charge in [-0.25, -0.2) is 0 Å². The second kappa shape index (κ2) is 8.33. The Kier molecular flexibility index (Phi) is 5.73. The van der Waals surface area contributed by atoms with Crippen LogP contribution in [0.4, 0.5) is 0 Å². The molecular weight excluding hydrogens is 412 g/mol. The third-order valence-corrected chi connectivity index (χ3v) is 5.34. The van der Waals surface area contributed by atoms with Gasteiger partial charge in [0.1, 0.15) is 59.1 Å². The highest BCUT2D eigenvalue weighted by atomic mass is 16.7. The van der Waals surface area contributed by atoms with Crippen LogP contribution in [0.1, 0.15) is 28.4 Å². The van der Waals surface area contributed by atoms with Crippen molar-refractivity contribution in [3.05, 3.63) is 47.5 Å². The van der Waals surface area contributed by atoms with E-state index in [0.29, 0.717) is 5.56 Å². The number of benzene rings is 2. The van der Waals surface area contributed by atoms with Crippen molar-refractivity contribution < 1.29 is 49.6 Å². The Hall–Kier alpha value is -2.89. The van der Waals surface area contributed by atoms with E-state index in [1.165, 1.54) is 18.2 Å². The van der Waals surface area contributed by atoms with Gasteiger partial charge in [-0.1, -0.05) is 12.1 Å². The maximum Gasteiger partial charge on any atom is 0.229 e. The van der Waals surface area contributed by atoms with Gasteiger partial charge >= 0.3 is 0 Å². The number of aliphatic hydroxyl groups is 4. The van der Waals surface area contributed by atoms with Crippen LogP contribution in [0.3, 0.4) is 0 Å². The summed E-state index contributed by atoms with van der Waals surface area (Å²) in [6.45, 7) is -0.619. The van der Waals surface area contributed by atoms with E-state index in [2.05, 4.69) is 0 Å². The van der Waals surface area contributed by atoms with Gasteiger partial charge in [-0.15, -0.1) is 0 Å². The summed E-state index contributed by atoms with van der Waals surface area (Å²) in [7, 11) is 0. The van der Waals surface area contributed by atoms with Crippen molar-refractivity contribution in [3.63, 3.8) is 0 Å². The number of hydrogen-bond acceptors (Lipinski definition) is 10. The van der Waals surface area contributed by atoms with Gasteiger partial charge in [0.15, 0.2) is 5.78 Å². The van der Waals surface area contributed by atoms with Gasteiger partial charge in [-0.2, -0.15) is 0 Å². The third-order valence-electron chi connectivity index (χ3n) is 5.34. The number of ether oxygens (including phenoxy) is 3. The molecule has 0 unspecified atom stereocenters. The van der Waals surface area contributed by atoms with E-state index < -0.39 is 49.2 Å². The van der Waals surface area contributed by atoms with E-state index in [4.69, 9.17) is 14.2 Å². The molecule has 1 fully saturated rings. The first-order valence-electron chi connectivity index (χ1n) is 9.61. The maximum absolute atomic E-state index is 12.6. The molecule has 2 aromatic rings. The number of aliphatic hydroxyl groups excluding tert-OH is 4. The number of phenols is 2. The topological polar surface area (TPSA) is 166 Å². The lowest BCUT2D eigenvalue weighted by Crippen LogP contribution is -2.60. The molecule has 0 aliphatic carbocycles. The second-order valence-corrected chi connectivity index (χ2v) is 7.46. The number of aromatic hydroxyl groups is 2. The van der Waals surface area contributed by atoms with Gasteiger partial charge in [0.25, 0.3) is 0 Å². The van der Waals surface area contributed by atoms with E-state index in [-0.39, 0.29) is 35.0 Å². The zero-order valence-electron chi connectivity index (χ0n) is 16.2. The molecule has 2 aliphatic rings. The van der Waals surface area contributed by atoms with Crippen LogP contribution in [0.15, 0.2) is 36.4 Å². The Balaban J connectivity index is 1.59. The van der Waals surface area contributed by atoms with Crippen LogP contribution in [-0.4, -0.2) is 73.7 Å². The van der Waals surface area contributed by atoms with Crippen molar-refractivity contribution in [2.75, 3.05) is 6.61 Å². The van der Waals surface area contributed by atoms with Crippen LogP contribution in [0.25, 0.3) is 0 Å². The van der Waals surface area contributed by atoms with Crippen molar-refractivity contribution in [2.45, 2.75) is 43.2 Å². The summed E-state index contributed by atoms with van der Waals surface area (Å²) in [5.74, 6) is -0.657. The molecule has 166 valence electrons. The zero-order valence-corrected chi connectivity index (χ0v) is 16.2. The first kappa shape index (κ1) is 21.3. The van der Waals surface area contributed by atoms with E-state index in [9.17, 15) is 35.4 Å². The second-order valence-electron chi connectivity index (χ2n) is 7.46. The number of hydrogen-bond donors (Lipinski definition) is 6. The Morgan fingerprint density at radius 1 is 1.00 bits per heavy atom. The summed E-state index contributed by atoms with van der Waals surface area (Å²) < 4.78 is 16.7. The largest absolute Gasteiger partial charge is 0.508 e. The molecule has 6 N–H and O–H groups in total. The molecule has 0 saturated carbocycles. The van der Waals surface area contributed by atoms with Crippen molar-refractivity contribution in [1.82, 2.24) is 0 Å².